The Morgan fingerprint density at radius 3 is 2.47 bits per heavy atom. The Kier molecular flexibility index (Phi) is 4.32. The molecule has 2 rings (SSSR count). The molecule has 2 fully saturated rings. The van der Waals surface area contributed by atoms with Crippen LogP contribution in [0.2, 0.25) is 0 Å². The fraction of sp³-hybridized carbons (Fsp3) is 1.00. The topological polar surface area (TPSA) is 23.5 Å². The van der Waals surface area contributed by atoms with Gasteiger partial charge in [0.05, 0.1) is 6.10 Å². The van der Waals surface area contributed by atoms with E-state index in [4.69, 9.17) is 0 Å². The van der Waals surface area contributed by atoms with Crippen molar-refractivity contribution in [3.63, 3.8) is 0 Å². The lowest BCUT2D eigenvalue weighted by atomic mass is 9.69. The zero-order chi connectivity index (χ0) is 14.3. The van der Waals surface area contributed by atoms with Crippen LogP contribution < -0.4 is 0 Å². The minimum Gasteiger partial charge on any atom is -0.392 e. The van der Waals surface area contributed by atoms with Gasteiger partial charge >= 0.3 is 0 Å². The summed E-state index contributed by atoms with van der Waals surface area (Å²) in [4.78, 5) is 2.60. The normalized spacial score (nSPS) is 36.6. The van der Waals surface area contributed by atoms with Crippen LogP contribution in [0.1, 0.15) is 60.3 Å². The summed E-state index contributed by atoms with van der Waals surface area (Å²) in [5.74, 6) is 1.31. The Bertz CT molecular complexity index is 305. The quantitative estimate of drug-likeness (QED) is 0.827. The molecule has 2 nitrogen and oxygen atoms in total. The van der Waals surface area contributed by atoms with E-state index < -0.39 is 0 Å². The fourth-order valence-corrected chi connectivity index (χ4v) is 3.99. The third-order valence-electron chi connectivity index (χ3n) is 5.63. The van der Waals surface area contributed by atoms with Gasteiger partial charge in [0.2, 0.25) is 0 Å². The van der Waals surface area contributed by atoms with Crippen molar-refractivity contribution in [2.75, 3.05) is 19.6 Å². The molecule has 3 atom stereocenters. The van der Waals surface area contributed by atoms with Gasteiger partial charge in [-0.05, 0) is 48.5 Å². The highest BCUT2D eigenvalue weighted by atomic mass is 16.3. The van der Waals surface area contributed by atoms with Gasteiger partial charge < -0.3 is 10.0 Å². The first-order valence-electron chi connectivity index (χ1n) is 8.10. The van der Waals surface area contributed by atoms with E-state index in [2.05, 4.69) is 39.5 Å². The molecule has 1 saturated heterocycles. The van der Waals surface area contributed by atoms with Gasteiger partial charge in [0.15, 0.2) is 0 Å². The maximum Gasteiger partial charge on any atom is 0.0631 e. The molecule has 0 spiro atoms. The molecule has 1 saturated carbocycles. The van der Waals surface area contributed by atoms with Crippen molar-refractivity contribution in [3.8, 4) is 0 Å². The number of nitrogens with zero attached hydrogens (tertiary/aromatic N) is 1. The van der Waals surface area contributed by atoms with Crippen LogP contribution in [0, 0.1) is 22.7 Å². The summed E-state index contributed by atoms with van der Waals surface area (Å²) in [5.41, 5.74) is 0.547. The second kappa shape index (κ2) is 5.37. The van der Waals surface area contributed by atoms with Gasteiger partial charge in [-0.25, -0.2) is 0 Å². The van der Waals surface area contributed by atoms with E-state index in [1.807, 2.05) is 0 Å². The number of aliphatic hydroxyl groups is 1. The molecule has 0 aromatic heterocycles. The molecule has 3 unspecified atom stereocenters. The molecule has 112 valence electrons. The molecule has 2 aliphatic rings. The molecule has 0 radical (unpaired) electrons. The maximum atomic E-state index is 10.6. The highest BCUT2D eigenvalue weighted by Gasteiger charge is 2.40. The van der Waals surface area contributed by atoms with Gasteiger partial charge in [0, 0.05) is 13.1 Å². The Morgan fingerprint density at radius 2 is 1.89 bits per heavy atom. The Labute approximate surface area is 119 Å². The molecule has 0 aromatic carbocycles. The van der Waals surface area contributed by atoms with E-state index in [1.165, 1.54) is 38.8 Å². The minimum absolute atomic E-state index is 0.116. The monoisotopic (exact) mass is 267 g/mol. The van der Waals surface area contributed by atoms with Crippen LogP contribution in [0.3, 0.4) is 0 Å². The predicted molar refractivity (Wildman–Crippen MR) is 81.1 cm³/mol. The van der Waals surface area contributed by atoms with Crippen LogP contribution in [0.5, 0.6) is 0 Å². The average Bonchev–Trinajstić information content (AvgIpc) is 2.73. The summed E-state index contributed by atoms with van der Waals surface area (Å²) in [7, 11) is 0. The standard InChI is InChI=1S/C17H33NO/c1-16(2,3)14-8-10-18(12-14)11-13-7-6-9-17(4,5)15(13)19/h13-15,19H,6-12H2,1-5H3. The van der Waals surface area contributed by atoms with E-state index >= 15 is 0 Å². The smallest absolute Gasteiger partial charge is 0.0631 e. The molecule has 1 heterocycles. The molecular formula is C17H33NO. The van der Waals surface area contributed by atoms with Gasteiger partial charge in [-0.1, -0.05) is 41.0 Å². The van der Waals surface area contributed by atoms with E-state index in [0.29, 0.717) is 11.3 Å². The van der Waals surface area contributed by atoms with Crippen molar-refractivity contribution in [2.45, 2.75) is 66.4 Å². The Balaban J connectivity index is 1.89. The van der Waals surface area contributed by atoms with Gasteiger partial charge in [0.25, 0.3) is 0 Å². The molecule has 0 bridgehead atoms. The summed E-state index contributed by atoms with van der Waals surface area (Å²) < 4.78 is 0. The molecule has 1 N–H and O–H groups in total. The summed E-state index contributed by atoms with van der Waals surface area (Å²) in [6, 6.07) is 0. The zero-order valence-corrected chi connectivity index (χ0v) is 13.6. The largest absolute Gasteiger partial charge is 0.392 e. The van der Waals surface area contributed by atoms with Crippen molar-refractivity contribution < 1.29 is 5.11 Å². The minimum atomic E-state index is -0.116. The number of likely N-dealkylation sites (tertiary alicyclic amines) is 1. The van der Waals surface area contributed by atoms with Crippen molar-refractivity contribution in [1.29, 1.82) is 0 Å². The molecule has 0 aromatic rings. The van der Waals surface area contributed by atoms with Crippen molar-refractivity contribution in [2.24, 2.45) is 22.7 Å². The van der Waals surface area contributed by atoms with E-state index in [9.17, 15) is 5.11 Å². The molecule has 0 amide bonds. The summed E-state index contributed by atoms with van der Waals surface area (Å²) in [6.45, 7) is 15.1. The highest BCUT2D eigenvalue weighted by Crippen LogP contribution is 2.40. The number of hydrogen-bond donors (Lipinski definition) is 1. The van der Waals surface area contributed by atoms with E-state index in [1.54, 1.807) is 0 Å². The first-order valence-corrected chi connectivity index (χ1v) is 8.10. The van der Waals surface area contributed by atoms with Crippen LogP contribution in [-0.4, -0.2) is 35.7 Å². The third kappa shape index (κ3) is 3.52. The number of rotatable bonds is 2. The van der Waals surface area contributed by atoms with Gasteiger partial charge in [0.1, 0.15) is 0 Å². The lowest BCUT2D eigenvalue weighted by molar-refractivity contribution is -0.0416. The van der Waals surface area contributed by atoms with Crippen molar-refractivity contribution in [1.82, 2.24) is 4.90 Å². The molecule has 2 heteroatoms. The summed E-state index contributed by atoms with van der Waals surface area (Å²) in [5, 5.41) is 10.6. The molecule has 1 aliphatic heterocycles. The summed E-state index contributed by atoms with van der Waals surface area (Å²) >= 11 is 0. The first kappa shape index (κ1) is 15.3. The van der Waals surface area contributed by atoms with Gasteiger partial charge in [-0.15, -0.1) is 0 Å². The van der Waals surface area contributed by atoms with Crippen LogP contribution in [0.15, 0.2) is 0 Å². The van der Waals surface area contributed by atoms with Crippen LogP contribution in [-0.2, 0) is 0 Å². The van der Waals surface area contributed by atoms with Crippen LogP contribution in [0.4, 0.5) is 0 Å². The van der Waals surface area contributed by atoms with Gasteiger partial charge in [-0.2, -0.15) is 0 Å². The predicted octanol–water partition coefficient (Wildman–Crippen LogP) is 3.54. The zero-order valence-electron chi connectivity index (χ0n) is 13.6. The maximum absolute atomic E-state index is 10.6. The van der Waals surface area contributed by atoms with Crippen LogP contribution in [0.25, 0.3) is 0 Å². The van der Waals surface area contributed by atoms with E-state index in [0.717, 1.165) is 12.5 Å². The molecular weight excluding hydrogens is 234 g/mol. The van der Waals surface area contributed by atoms with Crippen molar-refractivity contribution >= 4 is 0 Å². The average molecular weight is 267 g/mol. The Hall–Kier alpha value is -0.0800. The second-order valence-corrected chi connectivity index (χ2v) is 8.70. The number of aliphatic hydroxyl groups excluding tert-OH is 1. The second-order valence-electron chi connectivity index (χ2n) is 8.70. The lowest BCUT2D eigenvalue weighted by Gasteiger charge is -2.42. The SMILES string of the molecule is CC(C)(C)C1CCN(CC2CCCC(C)(C)C2O)C1. The fourth-order valence-electron chi connectivity index (χ4n) is 3.99. The van der Waals surface area contributed by atoms with E-state index in [-0.39, 0.29) is 11.5 Å². The highest BCUT2D eigenvalue weighted by molar-refractivity contribution is 4.91. The molecule has 1 aliphatic carbocycles. The Morgan fingerprint density at radius 1 is 1.21 bits per heavy atom. The van der Waals surface area contributed by atoms with Crippen LogP contribution >= 0.6 is 0 Å². The summed E-state index contributed by atoms with van der Waals surface area (Å²) in [6.07, 6.45) is 4.88. The van der Waals surface area contributed by atoms with Crippen molar-refractivity contribution in [3.05, 3.63) is 0 Å². The van der Waals surface area contributed by atoms with Gasteiger partial charge in [-0.3, -0.25) is 0 Å². The lowest BCUT2D eigenvalue weighted by Crippen LogP contribution is -2.44. The number of hydrogen-bond acceptors (Lipinski definition) is 2. The third-order valence-corrected chi connectivity index (χ3v) is 5.63. The molecule has 19 heavy (non-hydrogen) atoms. The first-order chi connectivity index (χ1) is 8.70.